The predicted octanol–water partition coefficient (Wildman–Crippen LogP) is 12.7. The summed E-state index contributed by atoms with van der Waals surface area (Å²) in [6.07, 6.45) is 6.72. The second-order valence-corrected chi connectivity index (χ2v) is 28.5. The van der Waals surface area contributed by atoms with Crippen molar-refractivity contribution in [1.29, 1.82) is 0 Å². The number of sulfonamides is 2. The number of fused-ring (bicyclic) bond motifs is 4. The maximum atomic E-state index is 14.5. The molecule has 10 aromatic rings. The van der Waals surface area contributed by atoms with Crippen molar-refractivity contribution in [3.63, 3.8) is 0 Å². The average Bonchev–Trinajstić information content (AvgIpc) is 1.57. The first-order valence-corrected chi connectivity index (χ1v) is 33.9. The second kappa shape index (κ2) is 25.7. The van der Waals surface area contributed by atoms with E-state index in [4.69, 9.17) is 46.2 Å². The Bertz CT molecular complexity index is 5110. The number of benzene rings is 6. The summed E-state index contributed by atoms with van der Waals surface area (Å²) >= 11 is 5.87. The van der Waals surface area contributed by atoms with Crippen LogP contribution in [0.1, 0.15) is 82.1 Å². The van der Waals surface area contributed by atoms with Crippen LogP contribution >= 0.6 is 11.6 Å². The van der Waals surface area contributed by atoms with Crippen molar-refractivity contribution in [2.75, 3.05) is 60.8 Å². The molecule has 3 aliphatic rings. The first-order valence-electron chi connectivity index (χ1n) is 29.8. The zero-order chi connectivity index (χ0) is 69.2. The number of amides is 2. The Morgan fingerprint density at radius 3 is 1.46 bits per heavy atom. The fourth-order valence-electron chi connectivity index (χ4n) is 11.4. The molecule has 0 saturated carbocycles. The Morgan fingerprint density at radius 2 is 1.01 bits per heavy atom. The first kappa shape index (κ1) is 67.6. The number of carbonyl (C=O) groups is 2. The standard InChI is InChI=1S/C32H26F2N4O4S.C24H28BFN2O6S.C14H10ClFN2/c1-36-32(39)29-23-15-22(26-12-11-25(35)30(37-26)19-13-18-5-4-6-24(34)21(18)14-19)27(38(2)43(3,40)41)16-28(23)42-31(29)17-7-9-20(33)10-8-17;1-23(2)24(3,4)34-25(33-23)17-12-16-19(13-18(17)28(6)35(7,30)31)32-21(20(16)22(29)27-5)14-8-10-15(26)11-9-14;15-13-5-4-12(17)14(18-13)9-6-8-2-1-3-11(16)10(8)7-9/h4-12,14-16H,13,35H2,1-3H3,(H,36,39);8-13H,1-7H3,(H,27,29);1-5,7H,6,17H2. The Morgan fingerprint density at radius 1 is 0.583 bits per heavy atom. The summed E-state index contributed by atoms with van der Waals surface area (Å²) < 4.78 is 133. The van der Waals surface area contributed by atoms with Crippen LogP contribution in [0, 0.1) is 23.3 Å². The molecule has 0 spiro atoms. The normalized spacial score (nSPS) is 14.4. The Kier molecular flexibility index (Phi) is 18.1. The van der Waals surface area contributed by atoms with E-state index in [9.17, 15) is 44.0 Å². The third kappa shape index (κ3) is 13.1. The highest BCUT2D eigenvalue weighted by Crippen LogP contribution is 2.45. The van der Waals surface area contributed by atoms with Crippen molar-refractivity contribution in [2.45, 2.75) is 51.7 Å². The molecule has 5 heterocycles. The number of nitrogens with zero attached hydrogens (tertiary/aromatic N) is 4. The molecule has 2 amide bonds. The number of hydrogen-bond donors (Lipinski definition) is 4. The summed E-state index contributed by atoms with van der Waals surface area (Å²) in [7, 11) is -2.50. The van der Waals surface area contributed by atoms with Gasteiger partial charge in [-0.15, -0.1) is 0 Å². The minimum atomic E-state index is -3.75. The van der Waals surface area contributed by atoms with Gasteiger partial charge in [-0.1, -0.05) is 35.9 Å². The number of pyridine rings is 2. The highest BCUT2D eigenvalue weighted by molar-refractivity contribution is 7.92. The van der Waals surface area contributed by atoms with Gasteiger partial charge in [0.05, 0.1) is 74.7 Å². The van der Waals surface area contributed by atoms with Crippen LogP contribution in [0.5, 0.6) is 0 Å². The molecule has 0 atom stereocenters. The molecule has 6 N–H and O–H groups in total. The minimum absolute atomic E-state index is 0.194. The van der Waals surface area contributed by atoms with Crippen molar-refractivity contribution in [3.05, 3.63) is 207 Å². The highest BCUT2D eigenvalue weighted by Gasteiger charge is 2.53. The molecule has 0 unspecified atom stereocenters. The van der Waals surface area contributed by atoms with E-state index in [1.54, 1.807) is 66.7 Å². The van der Waals surface area contributed by atoms with E-state index in [2.05, 4.69) is 15.6 Å². The summed E-state index contributed by atoms with van der Waals surface area (Å²) in [6, 6.07) is 34.1. The molecule has 1 fully saturated rings. The summed E-state index contributed by atoms with van der Waals surface area (Å²) in [5, 5.41) is 6.46. The fourth-order valence-corrected chi connectivity index (χ4v) is 12.6. The van der Waals surface area contributed by atoms with Crippen molar-refractivity contribution >= 4 is 124 Å². The Balaban J connectivity index is 0.000000158. The van der Waals surface area contributed by atoms with Crippen LogP contribution in [0.2, 0.25) is 5.15 Å². The summed E-state index contributed by atoms with van der Waals surface area (Å²) in [5.74, 6) is -1.87. The number of rotatable bonds is 12. The van der Waals surface area contributed by atoms with Gasteiger partial charge in [0.15, 0.2) is 0 Å². The number of halogens is 5. The number of nitrogens with two attached hydrogens (primary N) is 2. The zero-order valence-corrected chi connectivity index (χ0v) is 56.0. The number of carbonyl (C=O) groups excluding carboxylic acids is 2. The van der Waals surface area contributed by atoms with Gasteiger partial charge in [0.2, 0.25) is 20.0 Å². The van der Waals surface area contributed by atoms with Crippen LogP contribution in [0.25, 0.3) is 79.1 Å². The molecular weight excluding hydrogens is 1300 g/mol. The molecule has 13 rings (SSSR count). The quantitative estimate of drug-likeness (QED) is 0.0504. The van der Waals surface area contributed by atoms with Crippen molar-refractivity contribution in [1.82, 2.24) is 20.6 Å². The van der Waals surface area contributed by atoms with Gasteiger partial charge in [-0.25, -0.2) is 44.4 Å². The largest absolute Gasteiger partial charge is 0.497 e. The van der Waals surface area contributed by atoms with Crippen LogP contribution < -0.4 is 36.2 Å². The zero-order valence-electron chi connectivity index (χ0n) is 53.6. The van der Waals surface area contributed by atoms with Gasteiger partial charge >= 0.3 is 7.12 Å². The van der Waals surface area contributed by atoms with E-state index in [1.165, 1.54) is 94.9 Å². The van der Waals surface area contributed by atoms with Crippen LogP contribution in [0.3, 0.4) is 0 Å². The highest BCUT2D eigenvalue weighted by atomic mass is 35.5. The van der Waals surface area contributed by atoms with E-state index >= 15 is 0 Å². The monoisotopic (exact) mass is 1360 g/mol. The Hall–Kier alpha value is -9.79. The first-order chi connectivity index (χ1) is 45.3. The number of hydrogen-bond acceptors (Lipinski definition) is 14. The lowest BCUT2D eigenvalue weighted by Crippen LogP contribution is -2.41. The molecule has 0 radical (unpaired) electrons. The number of furan rings is 2. The third-order valence-electron chi connectivity index (χ3n) is 17.3. The molecule has 2 aliphatic carbocycles. The molecule has 1 saturated heterocycles. The molecular formula is C70H64BClF4N8O10S2. The predicted molar refractivity (Wildman–Crippen MR) is 369 cm³/mol. The third-order valence-corrected chi connectivity index (χ3v) is 19.9. The minimum Gasteiger partial charge on any atom is -0.455 e. The summed E-state index contributed by atoms with van der Waals surface area (Å²) in [4.78, 5) is 35.2. The molecule has 6 aromatic carbocycles. The smallest absolute Gasteiger partial charge is 0.455 e. The van der Waals surface area contributed by atoms with Gasteiger partial charge in [-0.2, -0.15) is 0 Å². The maximum absolute atomic E-state index is 14.5. The van der Waals surface area contributed by atoms with Crippen LogP contribution in [0.4, 0.5) is 40.3 Å². The maximum Gasteiger partial charge on any atom is 0.497 e. The van der Waals surface area contributed by atoms with Crippen molar-refractivity contribution in [3.8, 4) is 33.9 Å². The van der Waals surface area contributed by atoms with Gasteiger partial charge in [-0.3, -0.25) is 18.2 Å². The molecule has 96 heavy (non-hydrogen) atoms. The van der Waals surface area contributed by atoms with Gasteiger partial charge in [0, 0.05) is 97.2 Å². The van der Waals surface area contributed by atoms with Crippen molar-refractivity contribution < 1.29 is 62.1 Å². The van der Waals surface area contributed by atoms with Crippen LogP contribution in [-0.2, 0) is 42.2 Å². The summed E-state index contributed by atoms with van der Waals surface area (Å²) in [5.41, 5.74) is 21.0. The lowest BCUT2D eigenvalue weighted by Gasteiger charge is -2.32. The van der Waals surface area contributed by atoms with E-state index < -0.39 is 61.8 Å². The number of nitrogen functional groups attached to an aromatic ring is 2. The molecule has 1 aliphatic heterocycles. The SMILES string of the molecule is CNC(=O)c1c(-c2ccc(F)cc2)oc2cc(N(C)S(C)(=O)=O)c(-c3ccc(N)c(C4=Cc5c(F)cccc5C4)n3)cc12.CNC(=O)c1c(-c2ccc(F)cc2)oc2cc(N(C)S(C)(=O)=O)c(B3OC(C)(C)C(C)(C)O3)cc12.Nc1ccc(Cl)nc1C1=Cc2c(F)cccc2C1. The lowest BCUT2D eigenvalue weighted by molar-refractivity contribution is 0.00578. The topological polar surface area (TPSA) is 256 Å². The number of anilines is 4. The van der Waals surface area contributed by atoms with Gasteiger partial charge in [0.1, 0.15) is 51.1 Å². The van der Waals surface area contributed by atoms with Crippen LogP contribution in [-0.4, -0.2) is 97.6 Å². The van der Waals surface area contributed by atoms with E-state index in [1.807, 2.05) is 39.8 Å². The van der Waals surface area contributed by atoms with Crippen molar-refractivity contribution in [2.24, 2.45) is 0 Å². The fraction of sp³-hybridized carbons (Fsp3) is 0.200. The molecule has 0 bridgehead atoms. The van der Waals surface area contributed by atoms with Crippen LogP contribution in [0.15, 0.2) is 142 Å². The molecule has 18 nitrogen and oxygen atoms in total. The number of allylic oxidation sites excluding steroid dienone is 2. The van der Waals surface area contributed by atoms with E-state index in [-0.39, 0.29) is 51.1 Å². The van der Waals surface area contributed by atoms with Gasteiger partial charge < -0.3 is 40.2 Å². The van der Waals surface area contributed by atoms with E-state index in [0.717, 1.165) is 37.8 Å². The Labute approximate surface area is 556 Å². The molecule has 4 aromatic heterocycles. The average molecular weight is 1360 g/mol. The second-order valence-electron chi connectivity index (χ2n) is 24.1. The summed E-state index contributed by atoms with van der Waals surface area (Å²) in [6.45, 7) is 7.58. The molecule has 26 heteroatoms. The van der Waals surface area contributed by atoms with Gasteiger partial charge in [-0.05, 0) is 159 Å². The number of nitrogens with one attached hydrogen (secondary N) is 2. The number of aromatic nitrogens is 2. The molecule has 494 valence electrons. The lowest BCUT2D eigenvalue weighted by atomic mass is 9.77. The van der Waals surface area contributed by atoms with E-state index in [0.29, 0.717) is 102 Å². The van der Waals surface area contributed by atoms with Gasteiger partial charge in [0.25, 0.3) is 11.8 Å².